The molecule has 0 saturated heterocycles. The van der Waals surface area contributed by atoms with Crippen molar-refractivity contribution in [2.24, 2.45) is 5.92 Å². The number of anilines is 1. The maximum Gasteiger partial charge on any atom is 0.231 e. The van der Waals surface area contributed by atoms with Gasteiger partial charge in [0, 0.05) is 15.7 Å². The first kappa shape index (κ1) is 16.2. The van der Waals surface area contributed by atoms with E-state index in [0.29, 0.717) is 11.8 Å². The molecule has 1 unspecified atom stereocenters. The van der Waals surface area contributed by atoms with Crippen LogP contribution in [-0.4, -0.2) is 12.6 Å². The molecule has 2 aromatic rings. The number of benzene rings is 2. The van der Waals surface area contributed by atoms with E-state index in [4.69, 9.17) is 9.47 Å². The fourth-order valence-corrected chi connectivity index (χ4v) is 5.32. The lowest BCUT2D eigenvalue weighted by atomic mass is 9.77. The number of halogens is 1. The lowest BCUT2D eigenvalue weighted by molar-refractivity contribution is 0.101. The summed E-state index contributed by atoms with van der Waals surface area (Å²) in [6.45, 7) is 1.92. The minimum absolute atomic E-state index is 0.128. The fraction of sp³-hybridized carbons (Fsp3) is 0.381. The van der Waals surface area contributed by atoms with Crippen LogP contribution >= 0.6 is 15.9 Å². The summed E-state index contributed by atoms with van der Waals surface area (Å²) in [5.41, 5.74) is 4.47. The molecule has 3 aliphatic rings. The molecule has 2 aromatic carbocycles. The molecule has 0 amide bonds. The van der Waals surface area contributed by atoms with Crippen molar-refractivity contribution in [2.75, 3.05) is 12.1 Å². The Hall–Kier alpha value is -2.01. The van der Waals surface area contributed by atoms with Gasteiger partial charge in [-0.05, 0) is 73.1 Å². The lowest BCUT2D eigenvalue weighted by Gasteiger charge is -2.38. The van der Waals surface area contributed by atoms with Gasteiger partial charge in [-0.2, -0.15) is 0 Å². The Morgan fingerprint density at radius 3 is 2.73 bits per heavy atom. The molecule has 2 heterocycles. The number of ketones is 1. The van der Waals surface area contributed by atoms with Crippen LogP contribution in [0, 0.1) is 5.92 Å². The van der Waals surface area contributed by atoms with Gasteiger partial charge in [0.05, 0.1) is 6.04 Å². The van der Waals surface area contributed by atoms with Gasteiger partial charge in [-0.3, -0.25) is 4.79 Å². The second-order valence-corrected chi connectivity index (χ2v) is 8.26. The summed E-state index contributed by atoms with van der Waals surface area (Å²) in [7, 11) is 0. The van der Waals surface area contributed by atoms with Crippen molar-refractivity contribution >= 4 is 27.4 Å². The standard InChI is InChI=1S/C21H20BrNO3/c1-11(24)12-5-6-18-15(7-12)13-3-2-4-14(13)21(23-18)16-8-19-20(9-17(16)22)26-10-25-19/h5-9,13-14,21,23H,2-4,10H2,1H3/t13-,14+,21?/m1/s1. The van der Waals surface area contributed by atoms with Crippen LogP contribution in [0.3, 0.4) is 0 Å². The molecule has 5 heteroatoms. The van der Waals surface area contributed by atoms with Gasteiger partial charge in [-0.1, -0.05) is 22.4 Å². The number of nitrogens with one attached hydrogen (secondary N) is 1. The first-order chi connectivity index (χ1) is 12.6. The highest BCUT2D eigenvalue weighted by molar-refractivity contribution is 9.10. The predicted molar refractivity (Wildman–Crippen MR) is 103 cm³/mol. The minimum Gasteiger partial charge on any atom is -0.454 e. The molecule has 134 valence electrons. The molecule has 3 atom stereocenters. The van der Waals surface area contributed by atoms with Crippen LogP contribution in [0.15, 0.2) is 34.8 Å². The molecular weight excluding hydrogens is 394 g/mol. The van der Waals surface area contributed by atoms with E-state index in [0.717, 1.165) is 27.2 Å². The SMILES string of the molecule is CC(=O)c1ccc2c(c1)[C@@H]1CCC[C@@H]1C(c1cc3c(cc1Br)OCO3)N2. The molecule has 1 N–H and O–H groups in total. The average molecular weight is 414 g/mol. The second-order valence-electron chi connectivity index (χ2n) is 7.41. The smallest absolute Gasteiger partial charge is 0.231 e. The molecule has 4 nitrogen and oxygen atoms in total. The van der Waals surface area contributed by atoms with Crippen LogP contribution in [0.5, 0.6) is 11.5 Å². The van der Waals surface area contributed by atoms with Crippen LogP contribution in [-0.2, 0) is 0 Å². The summed E-state index contributed by atoms with van der Waals surface area (Å²) < 4.78 is 12.1. The summed E-state index contributed by atoms with van der Waals surface area (Å²) in [5, 5.41) is 3.75. The quantitative estimate of drug-likeness (QED) is 0.666. The van der Waals surface area contributed by atoms with Crippen molar-refractivity contribution in [3.63, 3.8) is 0 Å². The molecule has 1 saturated carbocycles. The Morgan fingerprint density at radius 1 is 1.12 bits per heavy atom. The van der Waals surface area contributed by atoms with Gasteiger partial charge in [-0.15, -0.1) is 0 Å². The number of Topliss-reactive ketones (excluding diaryl/α,β-unsaturated/α-hetero) is 1. The van der Waals surface area contributed by atoms with E-state index >= 15 is 0 Å². The largest absolute Gasteiger partial charge is 0.454 e. The highest BCUT2D eigenvalue weighted by atomic mass is 79.9. The van der Waals surface area contributed by atoms with Crippen molar-refractivity contribution in [2.45, 2.75) is 38.1 Å². The number of ether oxygens (including phenoxy) is 2. The highest BCUT2D eigenvalue weighted by Gasteiger charge is 2.41. The first-order valence-corrected chi connectivity index (χ1v) is 9.91. The molecule has 1 aliphatic carbocycles. The van der Waals surface area contributed by atoms with Crippen LogP contribution in [0.4, 0.5) is 5.69 Å². The van der Waals surface area contributed by atoms with Crippen molar-refractivity contribution in [1.82, 2.24) is 0 Å². The van der Waals surface area contributed by atoms with Crippen molar-refractivity contribution < 1.29 is 14.3 Å². The van der Waals surface area contributed by atoms with Gasteiger partial charge in [0.1, 0.15) is 0 Å². The third-order valence-corrected chi connectivity index (χ3v) is 6.68. The fourth-order valence-electron chi connectivity index (χ4n) is 4.75. The summed E-state index contributed by atoms with van der Waals surface area (Å²) >= 11 is 3.73. The van der Waals surface area contributed by atoms with Gasteiger partial charge < -0.3 is 14.8 Å². The maximum atomic E-state index is 11.8. The van der Waals surface area contributed by atoms with E-state index in [9.17, 15) is 4.79 Å². The van der Waals surface area contributed by atoms with Gasteiger partial charge >= 0.3 is 0 Å². The van der Waals surface area contributed by atoms with Crippen LogP contribution in [0.1, 0.15) is 59.6 Å². The van der Waals surface area contributed by atoms with E-state index in [-0.39, 0.29) is 18.6 Å². The van der Waals surface area contributed by atoms with E-state index in [1.54, 1.807) is 6.92 Å². The molecule has 2 aliphatic heterocycles. The number of hydrogen-bond acceptors (Lipinski definition) is 4. The topological polar surface area (TPSA) is 47.6 Å². The Bertz CT molecular complexity index is 910. The molecule has 26 heavy (non-hydrogen) atoms. The number of rotatable bonds is 2. The Balaban J connectivity index is 1.59. The van der Waals surface area contributed by atoms with Gasteiger partial charge in [0.2, 0.25) is 6.79 Å². The van der Waals surface area contributed by atoms with E-state index in [2.05, 4.69) is 39.4 Å². The predicted octanol–water partition coefficient (Wildman–Crippen LogP) is 5.43. The molecule has 0 bridgehead atoms. The first-order valence-electron chi connectivity index (χ1n) is 9.12. The van der Waals surface area contributed by atoms with Gasteiger partial charge in [0.15, 0.2) is 17.3 Å². The molecule has 5 rings (SSSR count). The Morgan fingerprint density at radius 2 is 1.92 bits per heavy atom. The number of carbonyl (C=O) groups excluding carboxylic acids is 1. The summed E-state index contributed by atoms with van der Waals surface area (Å²) in [6.07, 6.45) is 3.59. The van der Waals surface area contributed by atoms with E-state index in [1.165, 1.54) is 30.4 Å². The Labute approximate surface area is 161 Å². The normalized spacial score (nSPS) is 25.4. The minimum atomic E-state index is 0.128. The monoisotopic (exact) mass is 413 g/mol. The molecular formula is C21H20BrNO3. The summed E-state index contributed by atoms with van der Waals surface area (Å²) in [6, 6.07) is 10.4. The zero-order chi connectivity index (χ0) is 17.8. The second kappa shape index (κ2) is 6.02. The summed E-state index contributed by atoms with van der Waals surface area (Å²) in [5.74, 6) is 2.75. The summed E-state index contributed by atoms with van der Waals surface area (Å²) in [4.78, 5) is 11.8. The van der Waals surface area contributed by atoms with Gasteiger partial charge in [0.25, 0.3) is 0 Å². The molecule has 0 radical (unpaired) electrons. The van der Waals surface area contributed by atoms with Gasteiger partial charge in [-0.25, -0.2) is 0 Å². The third-order valence-electron chi connectivity index (χ3n) is 5.99. The molecule has 1 fully saturated rings. The third kappa shape index (κ3) is 2.44. The maximum absolute atomic E-state index is 11.8. The zero-order valence-electron chi connectivity index (χ0n) is 14.5. The highest BCUT2D eigenvalue weighted by Crippen LogP contribution is 2.54. The number of fused-ring (bicyclic) bond motifs is 4. The van der Waals surface area contributed by atoms with Crippen LogP contribution in [0.25, 0.3) is 0 Å². The zero-order valence-corrected chi connectivity index (χ0v) is 16.1. The Kier molecular flexibility index (Phi) is 3.74. The average Bonchev–Trinajstić information content (AvgIpc) is 3.29. The molecule has 0 spiro atoms. The van der Waals surface area contributed by atoms with Crippen molar-refractivity contribution in [3.05, 3.63) is 51.5 Å². The van der Waals surface area contributed by atoms with Crippen molar-refractivity contribution in [1.29, 1.82) is 0 Å². The van der Waals surface area contributed by atoms with E-state index in [1.807, 2.05) is 12.1 Å². The van der Waals surface area contributed by atoms with Crippen molar-refractivity contribution in [3.8, 4) is 11.5 Å². The van der Waals surface area contributed by atoms with E-state index < -0.39 is 0 Å². The lowest BCUT2D eigenvalue weighted by Crippen LogP contribution is -2.29. The number of hydrogen-bond donors (Lipinski definition) is 1. The van der Waals surface area contributed by atoms with Crippen LogP contribution < -0.4 is 14.8 Å². The van der Waals surface area contributed by atoms with Crippen LogP contribution in [0.2, 0.25) is 0 Å². The number of carbonyl (C=O) groups is 1. The molecule has 0 aromatic heterocycles.